The van der Waals surface area contributed by atoms with Crippen molar-refractivity contribution >= 4 is 10.9 Å². The molecular formula is C25H21N5O. The molecule has 5 rings (SSSR count). The Kier molecular flexibility index (Phi) is 4.67. The second-order valence-corrected chi connectivity index (χ2v) is 7.59. The topological polar surface area (TPSA) is 65.6 Å². The molecule has 6 heteroatoms. The van der Waals surface area contributed by atoms with Gasteiger partial charge in [0.05, 0.1) is 22.8 Å². The van der Waals surface area contributed by atoms with Gasteiger partial charge in [-0.1, -0.05) is 65.9 Å². The first-order valence-electron chi connectivity index (χ1n) is 10.1. The first kappa shape index (κ1) is 18.9. The number of benzene rings is 3. The Hall–Kier alpha value is -4.06. The Morgan fingerprint density at radius 1 is 0.839 bits per heavy atom. The van der Waals surface area contributed by atoms with E-state index in [-0.39, 0.29) is 5.56 Å². The smallest absolute Gasteiger partial charge is 0.266 e. The van der Waals surface area contributed by atoms with E-state index < -0.39 is 0 Å². The molecule has 3 aromatic carbocycles. The average Bonchev–Trinajstić information content (AvgIpc) is 3.24. The van der Waals surface area contributed by atoms with Gasteiger partial charge < -0.3 is 0 Å². The van der Waals surface area contributed by atoms with Crippen LogP contribution >= 0.6 is 0 Å². The van der Waals surface area contributed by atoms with E-state index in [9.17, 15) is 4.79 Å². The molecular weight excluding hydrogens is 386 g/mol. The van der Waals surface area contributed by atoms with E-state index in [0.717, 1.165) is 28.1 Å². The number of aromatic nitrogens is 5. The van der Waals surface area contributed by atoms with Crippen LogP contribution in [0, 0.1) is 13.8 Å². The summed E-state index contributed by atoms with van der Waals surface area (Å²) in [4.78, 5) is 18.5. The number of hydrogen-bond donors (Lipinski definition) is 0. The molecule has 2 aromatic heterocycles. The van der Waals surface area contributed by atoms with Crippen molar-refractivity contribution in [3.63, 3.8) is 0 Å². The van der Waals surface area contributed by atoms with Crippen molar-refractivity contribution < 1.29 is 0 Å². The summed E-state index contributed by atoms with van der Waals surface area (Å²) in [6.07, 6.45) is 1.88. The fourth-order valence-corrected chi connectivity index (χ4v) is 3.87. The number of nitrogens with zero attached hydrogens (tertiary/aromatic N) is 5. The minimum atomic E-state index is -0.0733. The number of fused-ring (bicyclic) bond motifs is 1. The van der Waals surface area contributed by atoms with Crippen LogP contribution in [0.5, 0.6) is 0 Å². The van der Waals surface area contributed by atoms with Gasteiger partial charge >= 0.3 is 0 Å². The van der Waals surface area contributed by atoms with Gasteiger partial charge in [-0.05, 0) is 37.1 Å². The van der Waals surface area contributed by atoms with Crippen molar-refractivity contribution in [1.82, 2.24) is 24.5 Å². The highest BCUT2D eigenvalue weighted by Gasteiger charge is 2.16. The lowest BCUT2D eigenvalue weighted by atomic mass is 10.1. The minimum absolute atomic E-state index is 0.0733. The summed E-state index contributed by atoms with van der Waals surface area (Å²) in [5.41, 5.74) is 5.13. The number of aryl methyl sites for hydroxylation is 2. The summed E-state index contributed by atoms with van der Waals surface area (Å²) in [5.74, 6) is 0.613. The van der Waals surface area contributed by atoms with Crippen LogP contribution in [0.1, 0.15) is 17.0 Å². The molecule has 0 spiro atoms. The fourth-order valence-electron chi connectivity index (χ4n) is 3.87. The number of hydrogen-bond acceptors (Lipinski definition) is 4. The van der Waals surface area contributed by atoms with E-state index in [0.29, 0.717) is 23.3 Å². The van der Waals surface area contributed by atoms with Crippen LogP contribution in [0.3, 0.4) is 0 Å². The summed E-state index contributed by atoms with van der Waals surface area (Å²) in [6, 6.07) is 23.5. The van der Waals surface area contributed by atoms with Crippen LogP contribution in [0.15, 0.2) is 83.8 Å². The van der Waals surface area contributed by atoms with E-state index in [2.05, 4.69) is 10.3 Å². The lowest BCUT2D eigenvalue weighted by Crippen LogP contribution is -2.26. The SMILES string of the molecule is Cc1ccccc1-n1c(Cn2cc(-c3ccccc3)nn2)nc2cccc(C)c2c1=O. The first-order valence-corrected chi connectivity index (χ1v) is 10.1. The van der Waals surface area contributed by atoms with Crippen LogP contribution in [-0.2, 0) is 6.54 Å². The molecule has 0 saturated heterocycles. The number of para-hydroxylation sites is 1. The lowest BCUT2D eigenvalue weighted by molar-refractivity contribution is 0.610. The fraction of sp³-hybridized carbons (Fsp3) is 0.120. The van der Waals surface area contributed by atoms with Gasteiger partial charge in [0.1, 0.15) is 18.1 Å². The van der Waals surface area contributed by atoms with Gasteiger partial charge in [0.15, 0.2) is 0 Å². The second kappa shape index (κ2) is 7.65. The van der Waals surface area contributed by atoms with Crippen LogP contribution in [-0.4, -0.2) is 24.5 Å². The molecule has 0 atom stereocenters. The third-order valence-electron chi connectivity index (χ3n) is 5.44. The Labute approximate surface area is 179 Å². The maximum absolute atomic E-state index is 13.6. The normalized spacial score (nSPS) is 11.2. The molecule has 31 heavy (non-hydrogen) atoms. The van der Waals surface area contributed by atoms with Gasteiger partial charge in [0.2, 0.25) is 0 Å². The third-order valence-corrected chi connectivity index (χ3v) is 5.44. The van der Waals surface area contributed by atoms with Gasteiger partial charge in [0, 0.05) is 5.56 Å². The van der Waals surface area contributed by atoms with E-state index in [1.165, 1.54) is 0 Å². The summed E-state index contributed by atoms with van der Waals surface area (Å²) in [6.45, 7) is 4.26. The van der Waals surface area contributed by atoms with E-state index in [1.807, 2.05) is 92.8 Å². The standard InChI is InChI=1S/C25H21N5O/c1-17-9-6-7-14-22(17)30-23(26-20-13-8-10-18(2)24(20)25(30)31)16-29-15-21(27-28-29)19-11-4-3-5-12-19/h3-15H,16H2,1-2H3. The van der Waals surface area contributed by atoms with Crippen molar-refractivity contribution in [3.05, 3.63) is 106 Å². The highest BCUT2D eigenvalue weighted by molar-refractivity contribution is 5.81. The summed E-state index contributed by atoms with van der Waals surface area (Å²) < 4.78 is 3.43. The lowest BCUT2D eigenvalue weighted by Gasteiger charge is -2.16. The molecule has 5 aromatic rings. The predicted octanol–water partition coefficient (Wildman–Crippen LogP) is 4.31. The van der Waals surface area contributed by atoms with Crippen LogP contribution in [0.4, 0.5) is 0 Å². The Bertz CT molecular complexity index is 1450. The highest BCUT2D eigenvalue weighted by Crippen LogP contribution is 2.20. The summed E-state index contributed by atoms with van der Waals surface area (Å²) in [5, 5.41) is 9.22. The van der Waals surface area contributed by atoms with Crippen LogP contribution in [0.2, 0.25) is 0 Å². The van der Waals surface area contributed by atoms with Gasteiger partial charge in [-0.2, -0.15) is 0 Å². The molecule has 0 N–H and O–H groups in total. The molecule has 0 aliphatic carbocycles. The van der Waals surface area contributed by atoms with Gasteiger partial charge in [-0.25, -0.2) is 9.67 Å². The maximum Gasteiger partial charge on any atom is 0.266 e. The Balaban J connectivity index is 1.68. The molecule has 152 valence electrons. The minimum Gasteiger partial charge on any atom is -0.268 e. The largest absolute Gasteiger partial charge is 0.268 e. The second-order valence-electron chi connectivity index (χ2n) is 7.59. The Morgan fingerprint density at radius 3 is 2.39 bits per heavy atom. The van der Waals surface area contributed by atoms with Crippen molar-refractivity contribution in [1.29, 1.82) is 0 Å². The van der Waals surface area contributed by atoms with Crippen molar-refractivity contribution in [2.75, 3.05) is 0 Å². The molecule has 0 radical (unpaired) electrons. The van der Waals surface area contributed by atoms with Crippen molar-refractivity contribution in [2.45, 2.75) is 20.4 Å². The predicted molar refractivity (Wildman–Crippen MR) is 121 cm³/mol. The zero-order valence-electron chi connectivity index (χ0n) is 17.4. The van der Waals surface area contributed by atoms with E-state index in [4.69, 9.17) is 4.98 Å². The Morgan fingerprint density at radius 2 is 1.58 bits per heavy atom. The zero-order valence-corrected chi connectivity index (χ0v) is 17.4. The van der Waals surface area contributed by atoms with Gasteiger partial charge in [-0.15, -0.1) is 5.10 Å². The zero-order chi connectivity index (χ0) is 21.4. The van der Waals surface area contributed by atoms with E-state index >= 15 is 0 Å². The van der Waals surface area contributed by atoms with Crippen molar-refractivity contribution in [2.24, 2.45) is 0 Å². The summed E-state index contributed by atoms with van der Waals surface area (Å²) in [7, 11) is 0. The molecule has 0 aliphatic heterocycles. The maximum atomic E-state index is 13.6. The molecule has 0 aliphatic rings. The average molecular weight is 407 g/mol. The molecule has 0 unspecified atom stereocenters. The van der Waals surface area contributed by atoms with Crippen molar-refractivity contribution in [3.8, 4) is 16.9 Å². The van der Waals surface area contributed by atoms with Gasteiger partial charge in [0.25, 0.3) is 5.56 Å². The molecule has 0 bridgehead atoms. The highest BCUT2D eigenvalue weighted by atomic mass is 16.1. The van der Waals surface area contributed by atoms with Crippen LogP contribution in [0.25, 0.3) is 27.8 Å². The van der Waals surface area contributed by atoms with Gasteiger partial charge in [-0.3, -0.25) is 9.36 Å². The third kappa shape index (κ3) is 3.42. The molecule has 0 amide bonds. The number of rotatable bonds is 4. The summed E-state index contributed by atoms with van der Waals surface area (Å²) >= 11 is 0. The quantitative estimate of drug-likeness (QED) is 0.445. The monoisotopic (exact) mass is 407 g/mol. The molecule has 0 saturated carbocycles. The molecule has 6 nitrogen and oxygen atoms in total. The molecule has 2 heterocycles. The van der Waals surface area contributed by atoms with Crippen LogP contribution < -0.4 is 5.56 Å². The first-order chi connectivity index (χ1) is 15.1. The van der Waals surface area contributed by atoms with E-state index in [1.54, 1.807) is 9.25 Å². The molecule has 0 fully saturated rings.